The van der Waals surface area contributed by atoms with Crippen molar-refractivity contribution in [2.75, 3.05) is 12.3 Å². The molecule has 22 heavy (non-hydrogen) atoms. The summed E-state index contributed by atoms with van der Waals surface area (Å²) in [4.78, 5) is 42.3. The summed E-state index contributed by atoms with van der Waals surface area (Å²) in [6.45, 7) is 2.88. The van der Waals surface area contributed by atoms with Crippen LogP contribution in [0.5, 0.6) is 0 Å². The van der Waals surface area contributed by atoms with Gasteiger partial charge in [0.15, 0.2) is 5.17 Å². The van der Waals surface area contributed by atoms with Crippen molar-refractivity contribution >= 4 is 33.9 Å². The number of carbonyl (C=O) groups is 1. The van der Waals surface area contributed by atoms with Gasteiger partial charge in [0.1, 0.15) is 0 Å². The van der Waals surface area contributed by atoms with Crippen molar-refractivity contribution in [3.05, 3.63) is 44.5 Å². The summed E-state index contributed by atoms with van der Waals surface area (Å²) in [6, 6.07) is 4.86. The van der Waals surface area contributed by atoms with Crippen LogP contribution >= 0.6 is 11.8 Å². The number of nitrogens with one attached hydrogen (secondary N) is 2. The van der Waals surface area contributed by atoms with Gasteiger partial charge in [0.2, 0.25) is 0 Å². The average molecular weight is 318 g/mol. The molecule has 0 fully saturated rings. The van der Waals surface area contributed by atoms with Gasteiger partial charge in [-0.2, -0.15) is 0 Å². The lowest BCUT2D eigenvalue weighted by molar-refractivity contribution is 0.0978. The molecule has 0 unspecified atom stereocenters. The smallest absolute Gasteiger partial charge is 0.316 e. The molecule has 1 aliphatic heterocycles. The number of H-pyrrole nitrogens is 1. The van der Waals surface area contributed by atoms with Gasteiger partial charge in [-0.1, -0.05) is 11.8 Å². The first-order valence-electron chi connectivity index (χ1n) is 6.85. The molecule has 1 amide bonds. The van der Waals surface area contributed by atoms with Crippen LogP contribution in [0.25, 0.3) is 11.0 Å². The molecule has 0 bridgehead atoms. The zero-order valence-corrected chi connectivity index (χ0v) is 12.7. The van der Waals surface area contributed by atoms with Gasteiger partial charge in [-0.3, -0.25) is 19.4 Å². The zero-order chi connectivity index (χ0) is 15.7. The highest BCUT2D eigenvalue weighted by molar-refractivity contribution is 8.14. The minimum absolute atomic E-state index is 0.287. The van der Waals surface area contributed by atoms with Gasteiger partial charge < -0.3 is 14.9 Å². The Morgan fingerprint density at radius 3 is 2.95 bits per heavy atom. The lowest BCUT2D eigenvalue weighted by Gasteiger charge is -2.09. The summed E-state index contributed by atoms with van der Waals surface area (Å²) >= 11 is 1.49. The van der Waals surface area contributed by atoms with Crippen molar-refractivity contribution < 1.29 is 4.79 Å². The van der Waals surface area contributed by atoms with Crippen molar-refractivity contribution in [1.29, 1.82) is 0 Å². The van der Waals surface area contributed by atoms with E-state index in [1.807, 2.05) is 0 Å². The highest BCUT2D eigenvalue weighted by Gasteiger charge is 2.14. The number of aryl methyl sites for hydroxylation is 1. The first-order valence-corrected chi connectivity index (χ1v) is 7.84. The maximum absolute atomic E-state index is 12.2. The lowest BCUT2D eigenvalue weighted by Crippen LogP contribution is -2.36. The van der Waals surface area contributed by atoms with E-state index in [-0.39, 0.29) is 5.91 Å². The number of aromatic amines is 1. The molecule has 0 saturated carbocycles. The molecule has 114 valence electrons. The van der Waals surface area contributed by atoms with Gasteiger partial charge in [0.05, 0.1) is 17.6 Å². The maximum atomic E-state index is 12.2. The Morgan fingerprint density at radius 2 is 2.27 bits per heavy atom. The van der Waals surface area contributed by atoms with Crippen molar-refractivity contribution in [3.63, 3.8) is 0 Å². The number of carbonyl (C=O) groups excluding carboxylic acids is 1. The topological polar surface area (TPSA) is 96.3 Å². The van der Waals surface area contributed by atoms with Crippen LogP contribution < -0.4 is 16.4 Å². The molecule has 7 nitrogen and oxygen atoms in total. The Hall–Kier alpha value is -2.35. The Bertz CT molecular complexity index is 897. The molecule has 2 heterocycles. The molecular formula is C14H14N4O3S. The van der Waals surface area contributed by atoms with E-state index < -0.39 is 11.1 Å². The molecule has 1 aliphatic rings. The van der Waals surface area contributed by atoms with E-state index in [0.29, 0.717) is 34.9 Å². The average Bonchev–Trinajstić information content (AvgIpc) is 3.01. The Morgan fingerprint density at radius 1 is 1.45 bits per heavy atom. The third-order valence-electron chi connectivity index (χ3n) is 3.36. The second-order valence-electron chi connectivity index (χ2n) is 4.72. The van der Waals surface area contributed by atoms with Crippen LogP contribution in [0, 0.1) is 0 Å². The zero-order valence-electron chi connectivity index (χ0n) is 11.9. The monoisotopic (exact) mass is 318 g/mol. The number of rotatable bonds is 2. The Labute approximate surface area is 129 Å². The van der Waals surface area contributed by atoms with Crippen LogP contribution in [-0.4, -0.2) is 32.9 Å². The molecule has 2 aromatic rings. The second kappa shape index (κ2) is 5.80. The SMILES string of the molecule is CCn1c(=O)c(=O)[nH]c2cc(C(=O)NC3=NCCS3)ccc21. The number of amides is 1. The van der Waals surface area contributed by atoms with Gasteiger partial charge in [-0.15, -0.1) is 0 Å². The van der Waals surface area contributed by atoms with Crippen molar-refractivity contribution in [1.82, 2.24) is 14.9 Å². The largest absolute Gasteiger partial charge is 0.316 e. The number of amidine groups is 1. The Balaban J connectivity index is 2.03. The van der Waals surface area contributed by atoms with Gasteiger partial charge in [-0.05, 0) is 25.1 Å². The summed E-state index contributed by atoms with van der Waals surface area (Å²) in [7, 11) is 0. The second-order valence-corrected chi connectivity index (χ2v) is 5.81. The number of aliphatic imine (C=N–C) groups is 1. The summed E-state index contributed by atoms with van der Waals surface area (Å²) in [5.74, 6) is 0.578. The molecule has 3 rings (SSSR count). The minimum Gasteiger partial charge on any atom is -0.316 e. The quantitative estimate of drug-likeness (QED) is 0.790. The highest BCUT2D eigenvalue weighted by Crippen LogP contribution is 2.13. The summed E-state index contributed by atoms with van der Waals surface area (Å²) < 4.78 is 1.38. The summed E-state index contributed by atoms with van der Waals surface area (Å²) in [6.07, 6.45) is 0. The summed E-state index contributed by atoms with van der Waals surface area (Å²) in [5.41, 5.74) is 0.169. The van der Waals surface area contributed by atoms with Crippen LogP contribution in [0.2, 0.25) is 0 Å². The van der Waals surface area contributed by atoms with E-state index in [9.17, 15) is 14.4 Å². The van der Waals surface area contributed by atoms with Crippen LogP contribution in [0.4, 0.5) is 0 Å². The maximum Gasteiger partial charge on any atom is 0.316 e. The van der Waals surface area contributed by atoms with Gasteiger partial charge in [0, 0.05) is 17.9 Å². The number of benzene rings is 1. The molecule has 1 aromatic heterocycles. The molecule has 0 aliphatic carbocycles. The fourth-order valence-corrected chi connectivity index (χ4v) is 3.04. The van der Waals surface area contributed by atoms with Crippen LogP contribution in [-0.2, 0) is 6.54 Å². The van der Waals surface area contributed by atoms with Gasteiger partial charge in [0.25, 0.3) is 5.91 Å². The highest BCUT2D eigenvalue weighted by atomic mass is 32.2. The number of hydrogen-bond acceptors (Lipinski definition) is 5. The van der Waals surface area contributed by atoms with E-state index in [0.717, 1.165) is 5.75 Å². The van der Waals surface area contributed by atoms with Crippen molar-refractivity contribution in [2.45, 2.75) is 13.5 Å². The lowest BCUT2D eigenvalue weighted by atomic mass is 10.2. The van der Waals surface area contributed by atoms with Gasteiger partial charge >= 0.3 is 11.1 Å². The Kier molecular flexibility index (Phi) is 3.84. The third-order valence-corrected chi connectivity index (χ3v) is 4.25. The van der Waals surface area contributed by atoms with E-state index in [2.05, 4.69) is 15.3 Å². The minimum atomic E-state index is -0.692. The van der Waals surface area contributed by atoms with Crippen LogP contribution in [0.15, 0.2) is 32.8 Å². The van der Waals surface area contributed by atoms with Gasteiger partial charge in [-0.25, -0.2) is 0 Å². The predicted molar refractivity (Wildman–Crippen MR) is 86.7 cm³/mol. The first-order chi connectivity index (χ1) is 10.6. The number of thioether (sulfide) groups is 1. The normalized spacial score (nSPS) is 14.1. The van der Waals surface area contributed by atoms with E-state index in [1.54, 1.807) is 25.1 Å². The van der Waals surface area contributed by atoms with Crippen molar-refractivity contribution in [2.24, 2.45) is 4.99 Å². The van der Waals surface area contributed by atoms with E-state index in [1.165, 1.54) is 16.3 Å². The van der Waals surface area contributed by atoms with Crippen molar-refractivity contribution in [3.8, 4) is 0 Å². The standard InChI is InChI=1S/C14H14N4O3S/c1-2-18-10-4-3-8(7-9(10)16-12(20)13(18)21)11(19)17-14-15-5-6-22-14/h3-4,7H,2,5-6H2,1H3,(H,16,20)(H,15,17,19). The number of hydrogen-bond donors (Lipinski definition) is 2. The summed E-state index contributed by atoms with van der Waals surface area (Å²) in [5, 5.41) is 3.34. The predicted octanol–water partition coefficient (Wildman–Crippen LogP) is 0.542. The fourth-order valence-electron chi connectivity index (χ4n) is 2.31. The van der Waals surface area contributed by atoms with Crippen LogP contribution in [0.3, 0.4) is 0 Å². The van der Waals surface area contributed by atoms with E-state index >= 15 is 0 Å². The molecule has 0 spiro atoms. The number of fused-ring (bicyclic) bond motifs is 1. The fraction of sp³-hybridized carbons (Fsp3) is 0.286. The molecule has 0 radical (unpaired) electrons. The molecular weight excluding hydrogens is 304 g/mol. The van der Waals surface area contributed by atoms with Crippen LogP contribution in [0.1, 0.15) is 17.3 Å². The molecule has 0 atom stereocenters. The molecule has 2 N–H and O–H groups in total. The molecule has 1 aromatic carbocycles. The van der Waals surface area contributed by atoms with E-state index in [4.69, 9.17) is 0 Å². The molecule has 0 saturated heterocycles. The number of aromatic nitrogens is 2. The third kappa shape index (κ3) is 2.57. The number of nitrogens with zero attached hydrogens (tertiary/aromatic N) is 2. The first kappa shape index (κ1) is 14.6. The molecule has 8 heteroatoms.